The highest BCUT2D eigenvalue weighted by Gasteiger charge is 2.25. The monoisotopic (exact) mass is 330 g/mol. The fraction of sp³-hybridized carbons (Fsp3) is 0.545. The second-order valence-electron chi connectivity index (χ2n) is 4.91. The zero-order chi connectivity index (χ0) is 14.9. The number of nitrogens with zero attached hydrogens (tertiary/aromatic N) is 3. The molecule has 0 saturated carbocycles. The van der Waals surface area contributed by atoms with Gasteiger partial charge >= 0.3 is 0 Å². The quantitative estimate of drug-likeness (QED) is 0.511. The number of hydrogen-bond acceptors (Lipinski definition) is 7. The molecule has 0 bridgehead atoms. The fourth-order valence-corrected chi connectivity index (χ4v) is 4.56. The highest BCUT2D eigenvalue weighted by Crippen LogP contribution is 2.24. The summed E-state index contributed by atoms with van der Waals surface area (Å²) < 4.78 is 29.1. The molecule has 1 fully saturated rings. The molecule has 3 rings (SSSR count). The molecule has 1 saturated heterocycles. The summed E-state index contributed by atoms with van der Waals surface area (Å²) in [5.74, 6) is 5.54. The zero-order valence-corrected chi connectivity index (χ0v) is 13.1. The van der Waals surface area contributed by atoms with Crippen molar-refractivity contribution in [3.63, 3.8) is 0 Å². The van der Waals surface area contributed by atoms with Crippen LogP contribution in [0.15, 0.2) is 16.6 Å². The number of imidazole rings is 1. The Kier molecular flexibility index (Phi) is 4.13. The van der Waals surface area contributed by atoms with Crippen LogP contribution in [0.2, 0.25) is 0 Å². The van der Waals surface area contributed by atoms with Gasteiger partial charge in [-0.25, -0.2) is 19.0 Å². The normalized spacial score (nSPS) is 16.8. The van der Waals surface area contributed by atoms with Gasteiger partial charge in [0.25, 0.3) is 10.0 Å². The van der Waals surface area contributed by atoms with E-state index in [2.05, 4.69) is 20.0 Å². The van der Waals surface area contributed by atoms with Crippen LogP contribution in [-0.2, 0) is 10.0 Å². The van der Waals surface area contributed by atoms with Crippen molar-refractivity contribution in [2.45, 2.75) is 17.9 Å². The van der Waals surface area contributed by atoms with E-state index in [0.717, 1.165) is 19.6 Å². The van der Waals surface area contributed by atoms with Gasteiger partial charge in [0.2, 0.25) is 5.03 Å². The number of rotatable bonds is 6. The van der Waals surface area contributed by atoms with Crippen molar-refractivity contribution in [2.24, 2.45) is 5.84 Å². The third-order valence-electron chi connectivity index (χ3n) is 3.53. The second kappa shape index (κ2) is 5.89. The molecule has 2 aromatic heterocycles. The van der Waals surface area contributed by atoms with Crippen LogP contribution in [0.3, 0.4) is 0 Å². The van der Waals surface area contributed by atoms with Crippen LogP contribution in [-0.4, -0.2) is 48.9 Å². The number of aromatic nitrogens is 2. The van der Waals surface area contributed by atoms with Crippen LogP contribution in [0.25, 0.3) is 4.96 Å². The molecule has 21 heavy (non-hydrogen) atoms. The molecule has 10 heteroatoms. The minimum absolute atomic E-state index is 0.0580. The molecule has 116 valence electrons. The summed E-state index contributed by atoms with van der Waals surface area (Å²) in [6.45, 7) is 3.18. The minimum atomic E-state index is -3.66. The van der Waals surface area contributed by atoms with E-state index < -0.39 is 10.0 Å². The van der Waals surface area contributed by atoms with E-state index in [1.165, 1.54) is 28.6 Å². The smallest absolute Gasteiger partial charge is 0.260 e. The number of nitrogens with one attached hydrogen (secondary N) is 2. The summed E-state index contributed by atoms with van der Waals surface area (Å²) in [7, 11) is -3.66. The predicted octanol–water partition coefficient (Wildman–Crippen LogP) is 0.0555. The average molecular weight is 330 g/mol. The van der Waals surface area contributed by atoms with Crippen LogP contribution >= 0.6 is 11.3 Å². The largest absolute Gasteiger partial charge is 0.306 e. The van der Waals surface area contributed by atoms with Crippen molar-refractivity contribution in [1.82, 2.24) is 19.0 Å². The number of thiazole rings is 1. The first-order chi connectivity index (χ1) is 10.1. The molecule has 0 radical (unpaired) electrons. The van der Waals surface area contributed by atoms with Crippen molar-refractivity contribution in [3.8, 4) is 0 Å². The Labute approximate surface area is 127 Å². The summed E-state index contributed by atoms with van der Waals surface area (Å²) in [5.41, 5.74) is 2.35. The van der Waals surface area contributed by atoms with Crippen LogP contribution < -0.4 is 16.0 Å². The molecule has 0 aliphatic carbocycles. The van der Waals surface area contributed by atoms with Crippen molar-refractivity contribution >= 4 is 32.1 Å². The summed E-state index contributed by atoms with van der Waals surface area (Å²) >= 11 is 1.35. The van der Waals surface area contributed by atoms with Crippen LogP contribution in [0.5, 0.6) is 0 Å². The van der Waals surface area contributed by atoms with Gasteiger partial charge in [0.05, 0.1) is 0 Å². The van der Waals surface area contributed by atoms with Crippen LogP contribution in [0.1, 0.15) is 12.8 Å². The molecule has 0 spiro atoms. The zero-order valence-electron chi connectivity index (χ0n) is 11.4. The molecular weight excluding hydrogens is 312 g/mol. The van der Waals surface area contributed by atoms with E-state index in [9.17, 15) is 8.42 Å². The van der Waals surface area contributed by atoms with Gasteiger partial charge in [0.15, 0.2) is 10.8 Å². The molecule has 0 unspecified atom stereocenters. The minimum Gasteiger partial charge on any atom is -0.306 e. The van der Waals surface area contributed by atoms with Gasteiger partial charge in [0.1, 0.15) is 0 Å². The first kappa shape index (κ1) is 14.7. The Morgan fingerprint density at radius 2 is 2.14 bits per heavy atom. The number of nitrogen functional groups attached to an aromatic ring is 1. The SMILES string of the molecule is NNc1nc2sccn2c1S(=O)(=O)NCCN1CCCC1. The number of hydrogen-bond donors (Lipinski definition) is 3. The van der Waals surface area contributed by atoms with Crippen molar-refractivity contribution in [3.05, 3.63) is 11.6 Å². The maximum absolute atomic E-state index is 12.5. The van der Waals surface area contributed by atoms with E-state index in [-0.39, 0.29) is 10.8 Å². The lowest BCUT2D eigenvalue weighted by atomic mass is 10.4. The highest BCUT2D eigenvalue weighted by atomic mass is 32.2. The Morgan fingerprint density at radius 3 is 2.86 bits per heavy atom. The summed E-state index contributed by atoms with van der Waals surface area (Å²) in [6, 6.07) is 0. The number of likely N-dealkylation sites (tertiary alicyclic amines) is 1. The van der Waals surface area contributed by atoms with E-state index >= 15 is 0 Å². The number of anilines is 1. The van der Waals surface area contributed by atoms with Gasteiger partial charge in [-0.1, -0.05) is 0 Å². The van der Waals surface area contributed by atoms with Gasteiger partial charge in [0, 0.05) is 24.7 Å². The lowest BCUT2D eigenvalue weighted by Gasteiger charge is -2.14. The fourth-order valence-electron chi connectivity index (χ4n) is 2.53. The summed E-state index contributed by atoms with van der Waals surface area (Å²) in [6.07, 6.45) is 4.04. The Morgan fingerprint density at radius 1 is 1.38 bits per heavy atom. The van der Waals surface area contributed by atoms with E-state index in [1.54, 1.807) is 11.6 Å². The Hall–Kier alpha value is -1.20. The van der Waals surface area contributed by atoms with Gasteiger partial charge < -0.3 is 10.3 Å². The van der Waals surface area contributed by atoms with Gasteiger partial charge in [-0.05, 0) is 25.9 Å². The molecule has 8 nitrogen and oxygen atoms in total. The molecular formula is C11H18N6O2S2. The molecule has 3 heterocycles. The number of nitrogens with two attached hydrogens (primary N) is 1. The standard InChI is InChI=1S/C11H18N6O2S2/c12-15-9-10(17-7-8-20-11(17)14-9)21(18,19)13-3-6-16-4-1-2-5-16/h7-8,13,15H,1-6,12H2. The van der Waals surface area contributed by atoms with E-state index in [0.29, 0.717) is 11.5 Å². The van der Waals surface area contributed by atoms with Crippen LogP contribution in [0.4, 0.5) is 5.82 Å². The second-order valence-corrected chi connectivity index (χ2v) is 7.47. The number of hydrazine groups is 1. The topological polar surface area (TPSA) is 105 Å². The van der Waals surface area contributed by atoms with Crippen molar-refractivity contribution in [2.75, 3.05) is 31.6 Å². The molecule has 4 N–H and O–H groups in total. The van der Waals surface area contributed by atoms with E-state index in [1.807, 2.05) is 0 Å². The third-order valence-corrected chi connectivity index (χ3v) is 5.77. The number of sulfonamides is 1. The van der Waals surface area contributed by atoms with Crippen LogP contribution in [0, 0.1) is 0 Å². The number of fused-ring (bicyclic) bond motifs is 1. The average Bonchev–Trinajstić information content (AvgIpc) is 3.13. The Bertz CT molecular complexity index is 716. The van der Waals surface area contributed by atoms with Gasteiger partial charge in [-0.2, -0.15) is 4.98 Å². The lowest BCUT2D eigenvalue weighted by molar-refractivity contribution is 0.344. The molecule has 2 aromatic rings. The van der Waals surface area contributed by atoms with E-state index in [4.69, 9.17) is 5.84 Å². The predicted molar refractivity (Wildman–Crippen MR) is 81.7 cm³/mol. The van der Waals surface area contributed by atoms with Gasteiger partial charge in [-0.15, -0.1) is 11.3 Å². The third kappa shape index (κ3) is 2.90. The maximum Gasteiger partial charge on any atom is 0.260 e. The molecule has 0 aromatic carbocycles. The van der Waals surface area contributed by atoms with Gasteiger partial charge in [-0.3, -0.25) is 4.40 Å². The first-order valence-electron chi connectivity index (χ1n) is 6.76. The summed E-state index contributed by atoms with van der Waals surface area (Å²) in [4.78, 5) is 7.00. The Balaban J connectivity index is 1.77. The summed E-state index contributed by atoms with van der Waals surface area (Å²) in [5, 5.41) is 1.84. The lowest BCUT2D eigenvalue weighted by Crippen LogP contribution is -2.34. The molecule has 0 atom stereocenters. The van der Waals surface area contributed by atoms with Crippen molar-refractivity contribution < 1.29 is 8.42 Å². The maximum atomic E-state index is 12.5. The molecule has 1 aliphatic heterocycles. The highest BCUT2D eigenvalue weighted by molar-refractivity contribution is 7.89. The van der Waals surface area contributed by atoms with Crippen molar-refractivity contribution in [1.29, 1.82) is 0 Å². The first-order valence-corrected chi connectivity index (χ1v) is 9.12. The molecule has 0 amide bonds. The molecule has 1 aliphatic rings.